The van der Waals surface area contributed by atoms with Gasteiger partial charge in [0.05, 0.1) is 5.69 Å². The van der Waals surface area contributed by atoms with Crippen LogP contribution in [0.15, 0.2) is 35.1 Å². The summed E-state index contributed by atoms with van der Waals surface area (Å²) in [6.45, 7) is 3.97. The van der Waals surface area contributed by atoms with E-state index in [1.54, 1.807) is 0 Å². The number of hydrogen-bond donors (Lipinski definition) is 3. The van der Waals surface area contributed by atoms with Gasteiger partial charge in [-0.1, -0.05) is 19.1 Å². The third-order valence-corrected chi connectivity index (χ3v) is 7.60. The molecular weight excluding hydrogens is 404 g/mol. The SMILES string of the molecule is CCc1cc(C(=O)O)c(=O)[nH]c1-c1ccc(N2CC3C(N(C)C)CCCC3(NC)C2)cc1. The molecule has 7 nitrogen and oxygen atoms in total. The van der Waals surface area contributed by atoms with Gasteiger partial charge in [0, 0.05) is 36.3 Å². The first-order valence-electron chi connectivity index (χ1n) is 11.5. The van der Waals surface area contributed by atoms with Gasteiger partial charge in [-0.2, -0.15) is 0 Å². The van der Waals surface area contributed by atoms with Crippen LogP contribution in [0.3, 0.4) is 0 Å². The fraction of sp³-hybridized carbons (Fsp3) is 0.520. The summed E-state index contributed by atoms with van der Waals surface area (Å²) in [6, 6.07) is 10.3. The minimum absolute atomic E-state index is 0.138. The minimum atomic E-state index is -1.20. The van der Waals surface area contributed by atoms with Crippen molar-refractivity contribution < 1.29 is 9.90 Å². The van der Waals surface area contributed by atoms with Crippen LogP contribution >= 0.6 is 0 Å². The summed E-state index contributed by atoms with van der Waals surface area (Å²) in [4.78, 5) is 31.2. The van der Waals surface area contributed by atoms with E-state index in [9.17, 15) is 14.7 Å². The van der Waals surface area contributed by atoms with Crippen molar-refractivity contribution in [3.8, 4) is 11.3 Å². The maximum atomic E-state index is 12.2. The molecule has 0 spiro atoms. The Morgan fingerprint density at radius 1 is 1.31 bits per heavy atom. The van der Waals surface area contributed by atoms with Crippen LogP contribution in [-0.4, -0.2) is 66.8 Å². The summed E-state index contributed by atoms with van der Waals surface area (Å²) in [5, 5.41) is 12.9. The Kier molecular flexibility index (Phi) is 6.14. The smallest absolute Gasteiger partial charge is 0.341 e. The van der Waals surface area contributed by atoms with E-state index in [0.717, 1.165) is 24.2 Å². The number of nitrogens with one attached hydrogen (secondary N) is 2. The number of aryl methyl sites for hydroxylation is 1. The Morgan fingerprint density at radius 3 is 2.62 bits per heavy atom. The molecule has 32 heavy (non-hydrogen) atoms. The molecule has 1 saturated heterocycles. The van der Waals surface area contributed by atoms with Gasteiger partial charge in [0.25, 0.3) is 5.56 Å². The molecule has 2 aromatic rings. The number of carboxylic acids is 1. The van der Waals surface area contributed by atoms with Crippen molar-refractivity contribution >= 4 is 11.7 Å². The molecule has 3 atom stereocenters. The summed E-state index contributed by atoms with van der Waals surface area (Å²) in [7, 11) is 6.48. The predicted octanol–water partition coefficient (Wildman–Crippen LogP) is 2.81. The number of anilines is 1. The molecule has 0 radical (unpaired) electrons. The number of aromatic carboxylic acids is 1. The molecule has 172 valence electrons. The Bertz CT molecular complexity index is 1050. The molecule has 1 aliphatic heterocycles. The first kappa shape index (κ1) is 22.6. The van der Waals surface area contributed by atoms with Crippen molar-refractivity contribution in [2.45, 2.75) is 44.2 Å². The number of pyridine rings is 1. The Balaban J connectivity index is 1.62. The molecule has 0 amide bonds. The monoisotopic (exact) mass is 438 g/mol. The molecule has 1 aromatic carbocycles. The number of benzene rings is 1. The lowest BCUT2D eigenvalue weighted by atomic mass is 9.71. The maximum absolute atomic E-state index is 12.2. The Labute approximate surface area is 189 Å². The molecular formula is C25H34N4O3. The third-order valence-electron chi connectivity index (χ3n) is 7.60. The van der Waals surface area contributed by atoms with Gasteiger partial charge in [0.1, 0.15) is 5.56 Å². The number of hydrogen-bond acceptors (Lipinski definition) is 5. The van der Waals surface area contributed by atoms with Gasteiger partial charge in [-0.15, -0.1) is 0 Å². The molecule has 0 bridgehead atoms. The van der Waals surface area contributed by atoms with Crippen LogP contribution in [0, 0.1) is 5.92 Å². The van der Waals surface area contributed by atoms with Crippen LogP contribution in [0.5, 0.6) is 0 Å². The van der Waals surface area contributed by atoms with Gasteiger partial charge in [0.15, 0.2) is 0 Å². The van der Waals surface area contributed by atoms with E-state index in [1.165, 1.54) is 31.0 Å². The summed E-state index contributed by atoms with van der Waals surface area (Å²) < 4.78 is 0. The summed E-state index contributed by atoms with van der Waals surface area (Å²) in [6.07, 6.45) is 4.32. The number of aromatic amines is 1. The summed E-state index contributed by atoms with van der Waals surface area (Å²) >= 11 is 0. The van der Waals surface area contributed by atoms with Crippen molar-refractivity contribution in [3.05, 3.63) is 51.8 Å². The van der Waals surface area contributed by atoms with Gasteiger partial charge in [-0.05, 0) is 76.2 Å². The van der Waals surface area contributed by atoms with E-state index in [-0.39, 0.29) is 11.1 Å². The van der Waals surface area contributed by atoms with E-state index < -0.39 is 11.5 Å². The molecule has 7 heteroatoms. The van der Waals surface area contributed by atoms with Crippen LogP contribution in [0.4, 0.5) is 5.69 Å². The van der Waals surface area contributed by atoms with Gasteiger partial charge in [-0.3, -0.25) is 4.79 Å². The quantitative estimate of drug-likeness (QED) is 0.643. The normalized spacial score (nSPS) is 25.2. The fourth-order valence-electron chi connectivity index (χ4n) is 5.83. The fourth-order valence-corrected chi connectivity index (χ4v) is 5.83. The van der Waals surface area contributed by atoms with E-state index >= 15 is 0 Å². The van der Waals surface area contributed by atoms with E-state index in [4.69, 9.17) is 0 Å². The number of nitrogens with zero attached hydrogens (tertiary/aromatic N) is 2. The molecule has 2 heterocycles. The lowest BCUT2D eigenvalue weighted by Crippen LogP contribution is -2.58. The van der Waals surface area contributed by atoms with E-state index in [0.29, 0.717) is 24.1 Å². The zero-order chi connectivity index (χ0) is 23.0. The number of rotatable bonds is 6. The first-order valence-corrected chi connectivity index (χ1v) is 11.5. The molecule has 3 N–H and O–H groups in total. The van der Waals surface area contributed by atoms with Crippen LogP contribution < -0.4 is 15.8 Å². The van der Waals surface area contributed by atoms with Gasteiger partial charge >= 0.3 is 5.97 Å². The Hall–Kier alpha value is -2.64. The molecule has 1 aromatic heterocycles. The zero-order valence-corrected chi connectivity index (χ0v) is 19.4. The predicted molar refractivity (Wildman–Crippen MR) is 128 cm³/mol. The average molecular weight is 439 g/mol. The second-order valence-corrected chi connectivity index (χ2v) is 9.43. The average Bonchev–Trinajstić information content (AvgIpc) is 3.19. The summed E-state index contributed by atoms with van der Waals surface area (Å²) in [5.41, 5.74) is 2.95. The molecule has 2 fully saturated rings. The van der Waals surface area contributed by atoms with Gasteiger partial charge in [0.2, 0.25) is 0 Å². The van der Waals surface area contributed by atoms with Gasteiger partial charge in [-0.25, -0.2) is 4.79 Å². The Morgan fingerprint density at radius 2 is 2.03 bits per heavy atom. The van der Waals surface area contributed by atoms with Crippen molar-refractivity contribution in [3.63, 3.8) is 0 Å². The van der Waals surface area contributed by atoms with Gasteiger partial charge < -0.3 is 25.2 Å². The molecule has 3 unspecified atom stereocenters. The van der Waals surface area contributed by atoms with Crippen LogP contribution in [-0.2, 0) is 6.42 Å². The topological polar surface area (TPSA) is 88.7 Å². The standard InChI is InChI=1S/C25H34N4O3/c1-5-16-13-19(24(31)32)23(30)27-22(16)17-8-10-18(11-9-17)29-14-20-21(28(3)4)7-6-12-25(20,15-29)26-2/h8-11,13,20-21,26H,5-7,12,14-15H2,1-4H3,(H,27,30)(H,31,32). The number of aromatic nitrogens is 1. The summed E-state index contributed by atoms with van der Waals surface area (Å²) in [5.74, 6) is -0.629. The highest BCUT2D eigenvalue weighted by Gasteiger charge is 2.51. The number of H-pyrrole nitrogens is 1. The maximum Gasteiger partial charge on any atom is 0.341 e. The second kappa shape index (κ2) is 8.71. The number of carboxylic acid groups (broad SMARTS) is 1. The van der Waals surface area contributed by atoms with Crippen LogP contribution in [0.25, 0.3) is 11.3 Å². The number of fused-ring (bicyclic) bond motifs is 1. The van der Waals surface area contributed by atoms with Crippen molar-refractivity contribution in [2.75, 3.05) is 39.1 Å². The highest BCUT2D eigenvalue weighted by Crippen LogP contribution is 2.43. The highest BCUT2D eigenvalue weighted by molar-refractivity contribution is 5.88. The van der Waals surface area contributed by atoms with E-state index in [1.807, 2.05) is 19.1 Å². The first-order chi connectivity index (χ1) is 15.3. The van der Waals surface area contributed by atoms with Crippen molar-refractivity contribution in [1.82, 2.24) is 15.2 Å². The lowest BCUT2D eigenvalue weighted by Gasteiger charge is -2.45. The van der Waals surface area contributed by atoms with Crippen LogP contribution in [0.2, 0.25) is 0 Å². The number of carbonyl (C=O) groups is 1. The zero-order valence-electron chi connectivity index (χ0n) is 19.4. The molecule has 1 saturated carbocycles. The second-order valence-electron chi connectivity index (χ2n) is 9.43. The molecule has 4 rings (SSSR count). The largest absolute Gasteiger partial charge is 0.477 e. The number of likely N-dealkylation sites (N-methyl/N-ethyl adjacent to an activating group) is 1. The lowest BCUT2D eigenvalue weighted by molar-refractivity contribution is 0.0695. The molecule has 2 aliphatic rings. The highest BCUT2D eigenvalue weighted by atomic mass is 16.4. The molecule has 1 aliphatic carbocycles. The van der Waals surface area contributed by atoms with E-state index in [2.05, 4.69) is 53.4 Å². The van der Waals surface area contributed by atoms with Crippen LogP contribution in [0.1, 0.15) is 42.1 Å². The minimum Gasteiger partial charge on any atom is -0.477 e. The van der Waals surface area contributed by atoms with Crippen molar-refractivity contribution in [2.24, 2.45) is 5.92 Å². The van der Waals surface area contributed by atoms with Crippen molar-refractivity contribution in [1.29, 1.82) is 0 Å². The third kappa shape index (κ3) is 3.84.